The topological polar surface area (TPSA) is 3.24 Å². The molecule has 0 radical (unpaired) electrons. The largest absolute Gasteiger partial charge is 0.310 e. The molecule has 1 nitrogen and oxygen atoms in total. The lowest BCUT2D eigenvalue weighted by atomic mass is 9.81. The summed E-state index contributed by atoms with van der Waals surface area (Å²) in [5.41, 5.74) is 24.6. The Labute approximate surface area is 361 Å². The van der Waals surface area contributed by atoms with Crippen molar-refractivity contribution in [1.29, 1.82) is 0 Å². The summed E-state index contributed by atoms with van der Waals surface area (Å²) in [6, 6.07) is 76.0. The molecule has 0 saturated heterocycles. The predicted octanol–water partition coefficient (Wildman–Crippen LogP) is 16.7. The highest BCUT2D eigenvalue weighted by atomic mass is 15.1. The van der Waals surface area contributed by atoms with Crippen molar-refractivity contribution < 1.29 is 0 Å². The molecule has 1 aliphatic rings. The van der Waals surface area contributed by atoms with E-state index in [9.17, 15) is 0 Å². The molecule has 0 bridgehead atoms. The van der Waals surface area contributed by atoms with E-state index in [4.69, 9.17) is 0 Å². The maximum Gasteiger partial charge on any atom is 0.0543 e. The molecule has 0 atom stereocenters. The molecule has 0 spiro atoms. The summed E-state index contributed by atoms with van der Waals surface area (Å²) < 4.78 is 0. The van der Waals surface area contributed by atoms with E-state index >= 15 is 0 Å². The van der Waals surface area contributed by atoms with Crippen LogP contribution in [0.5, 0.6) is 0 Å². The molecule has 294 valence electrons. The number of hydrogen-bond acceptors (Lipinski definition) is 1. The maximum atomic E-state index is 2.49. The molecule has 10 rings (SSSR count). The highest BCUT2D eigenvalue weighted by Gasteiger charge is 2.35. The molecule has 0 fully saturated rings. The number of benzene rings is 9. The molecule has 9 aromatic carbocycles. The Bertz CT molecular complexity index is 3000. The van der Waals surface area contributed by atoms with E-state index < -0.39 is 0 Å². The van der Waals surface area contributed by atoms with E-state index in [-0.39, 0.29) is 5.41 Å². The molecule has 0 saturated carbocycles. The summed E-state index contributed by atoms with van der Waals surface area (Å²) in [7, 11) is 0. The summed E-state index contributed by atoms with van der Waals surface area (Å²) in [5, 5.41) is 0. The number of rotatable bonds is 8. The lowest BCUT2D eigenvalue weighted by molar-refractivity contribution is 0.660. The van der Waals surface area contributed by atoms with E-state index in [1.54, 1.807) is 0 Å². The summed E-state index contributed by atoms with van der Waals surface area (Å²) >= 11 is 0. The minimum atomic E-state index is -0.0623. The van der Waals surface area contributed by atoms with Crippen LogP contribution in [-0.4, -0.2) is 0 Å². The second-order valence-electron chi connectivity index (χ2n) is 17.1. The summed E-state index contributed by atoms with van der Waals surface area (Å²) in [4.78, 5) is 2.49. The van der Waals surface area contributed by atoms with Crippen LogP contribution in [0.1, 0.15) is 41.7 Å². The Morgan fingerprint density at radius 1 is 0.328 bits per heavy atom. The fraction of sp³-hybridized carbons (Fsp3) is 0.100. The van der Waals surface area contributed by atoms with Crippen LogP contribution in [-0.2, 0) is 5.41 Å². The Kier molecular flexibility index (Phi) is 9.61. The smallest absolute Gasteiger partial charge is 0.0543 e. The van der Waals surface area contributed by atoms with Gasteiger partial charge in [0.05, 0.1) is 5.69 Å². The monoisotopic (exact) mass is 783 g/mol. The number of hydrogen-bond donors (Lipinski definition) is 0. The first-order chi connectivity index (χ1) is 29.8. The average molecular weight is 784 g/mol. The third-order valence-corrected chi connectivity index (χ3v) is 13.0. The zero-order chi connectivity index (χ0) is 41.7. The predicted molar refractivity (Wildman–Crippen MR) is 260 cm³/mol. The van der Waals surface area contributed by atoms with Crippen LogP contribution in [0, 0.1) is 20.8 Å². The van der Waals surface area contributed by atoms with Crippen molar-refractivity contribution in [2.75, 3.05) is 4.90 Å². The van der Waals surface area contributed by atoms with Gasteiger partial charge in [0, 0.05) is 22.4 Å². The van der Waals surface area contributed by atoms with Crippen molar-refractivity contribution in [3.05, 3.63) is 234 Å². The van der Waals surface area contributed by atoms with Crippen molar-refractivity contribution in [2.24, 2.45) is 0 Å². The third kappa shape index (κ3) is 6.77. The minimum absolute atomic E-state index is 0.0623. The molecule has 9 aromatic rings. The molecule has 0 heterocycles. The van der Waals surface area contributed by atoms with Crippen molar-refractivity contribution >= 4 is 17.1 Å². The molecule has 1 heteroatoms. The van der Waals surface area contributed by atoms with Crippen molar-refractivity contribution in [3.63, 3.8) is 0 Å². The molecule has 0 aliphatic heterocycles. The van der Waals surface area contributed by atoms with E-state index in [1.807, 2.05) is 0 Å². The Morgan fingerprint density at radius 2 is 0.820 bits per heavy atom. The van der Waals surface area contributed by atoms with Gasteiger partial charge in [-0.25, -0.2) is 0 Å². The van der Waals surface area contributed by atoms with Gasteiger partial charge in [0.1, 0.15) is 0 Å². The van der Waals surface area contributed by atoms with Crippen molar-refractivity contribution in [1.82, 2.24) is 0 Å². The Morgan fingerprint density at radius 3 is 1.44 bits per heavy atom. The van der Waals surface area contributed by atoms with Gasteiger partial charge in [-0.15, -0.1) is 0 Å². The Hall–Kier alpha value is -7.22. The van der Waals surface area contributed by atoms with Crippen LogP contribution >= 0.6 is 0 Å². The highest BCUT2D eigenvalue weighted by molar-refractivity contribution is 5.96. The summed E-state index contributed by atoms with van der Waals surface area (Å²) in [6.45, 7) is 11.5. The van der Waals surface area contributed by atoms with Crippen LogP contribution in [0.2, 0.25) is 0 Å². The van der Waals surface area contributed by atoms with Gasteiger partial charge in [-0.05, 0) is 152 Å². The molecular weight excluding hydrogens is 735 g/mol. The van der Waals surface area contributed by atoms with Gasteiger partial charge >= 0.3 is 0 Å². The van der Waals surface area contributed by atoms with E-state index in [2.05, 4.69) is 246 Å². The van der Waals surface area contributed by atoms with Crippen LogP contribution in [0.4, 0.5) is 17.1 Å². The number of aryl methyl sites for hydroxylation is 2. The van der Waals surface area contributed by atoms with Gasteiger partial charge in [-0.3, -0.25) is 0 Å². The molecule has 1 aliphatic carbocycles. The summed E-state index contributed by atoms with van der Waals surface area (Å²) in [6.07, 6.45) is 0. The maximum absolute atomic E-state index is 2.49. The quantitative estimate of drug-likeness (QED) is 0.148. The zero-order valence-electron chi connectivity index (χ0n) is 35.6. The molecule has 61 heavy (non-hydrogen) atoms. The van der Waals surface area contributed by atoms with E-state index in [0.29, 0.717) is 0 Å². The van der Waals surface area contributed by atoms with Crippen LogP contribution in [0.25, 0.3) is 66.8 Å². The van der Waals surface area contributed by atoms with E-state index in [1.165, 1.54) is 94.6 Å². The lowest BCUT2D eigenvalue weighted by Crippen LogP contribution is -2.14. The van der Waals surface area contributed by atoms with Crippen LogP contribution < -0.4 is 4.90 Å². The van der Waals surface area contributed by atoms with Gasteiger partial charge in [-0.2, -0.15) is 0 Å². The van der Waals surface area contributed by atoms with Crippen LogP contribution in [0.3, 0.4) is 0 Å². The normalized spacial score (nSPS) is 12.5. The second-order valence-corrected chi connectivity index (χ2v) is 17.1. The van der Waals surface area contributed by atoms with Crippen molar-refractivity contribution in [2.45, 2.75) is 40.0 Å². The first-order valence-electron chi connectivity index (χ1n) is 21.4. The standard InChI is InChI=1S/C60H49N/c1-40-18-12-14-24-51(40)53-34-35-58(59(42(53)3)52-25-15-13-19-41(52)2)61(50-37-47(43-20-8-6-9-21-43)36-48(38-50)44-22-10-7-11-23-44)49-31-28-45(29-32-49)46-30-33-55-54-26-16-17-27-56(54)60(4,5)57(55)39-46/h6-39H,1-5H3. The molecular formula is C60H49N. The van der Waals surface area contributed by atoms with Crippen LogP contribution in [0.15, 0.2) is 206 Å². The third-order valence-electron chi connectivity index (χ3n) is 13.0. The Balaban J connectivity index is 1.20. The molecule has 0 unspecified atom stereocenters. The van der Waals surface area contributed by atoms with Gasteiger partial charge in [0.2, 0.25) is 0 Å². The van der Waals surface area contributed by atoms with Gasteiger partial charge in [-0.1, -0.05) is 178 Å². The minimum Gasteiger partial charge on any atom is -0.310 e. The zero-order valence-corrected chi connectivity index (χ0v) is 35.6. The fourth-order valence-corrected chi connectivity index (χ4v) is 9.69. The first-order valence-corrected chi connectivity index (χ1v) is 21.4. The lowest BCUT2D eigenvalue weighted by Gasteiger charge is -2.31. The number of anilines is 3. The fourth-order valence-electron chi connectivity index (χ4n) is 9.69. The molecule has 0 N–H and O–H groups in total. The summed E-state index contributed by atoms with van der Waals surface area (Å²) in [5.74, 6) is 0. The molecule has 0 amide bonds. The van der Waals surface area contributed by atoms with Gasteiger partial charge in [0.25, 0.3) is 0 Å². The average Bonchev–Trinajstić information content (AvgIpc) is 3.53. The second kappa shape index (κ2) is 15.4. The van der Waals surface area contributed by atoms with Gasteiger partial charge in [0.15, 0.2) is 0 Å². The highest BCUT2D eigenvalue weighted by Crippen LogP contribution is 2.51. The molecule has 0 aromatic heterocycles. The van der Waals surface area contributed by atoms with Crippen molar-refractivity contribution in [3.8, 4) is 66.8 Å². The van der Waals surface area contributed by atoms with Gasteiger partial charge < -0.3 is 4.90 Å². The first kappa shape index (κ1) is 38.0. The number of fused-ring (bicyclic) bond motifs is 3. The van der Waals surface area contributed by atoms with E-state index in [0.717, 1.165) is 17.1 Å². The SMILES string of the molecule is Cc1ccccc1-c1ccc(N(c2ccc(-c3ccc4c(c3)C(C)(C)c3ccccc3-4)cc2)c2cc(-c3ccccc3)cc(-c3ccccc3)c2)c(-c2ccccc2C)c1C. The number of nitrogens with zero attached hydrogens (tertiary/aromatic N) is 1.